The van der Waals surface area contributed by atoms with Gasteiger partial charge in [-0.1, -0.05) is 20.3 Å². The van der Waals surface area contributed by atoms with Gasteiger partial charge in [-0.3, -0.25) is 4.90 Å². The Morgan fingerprint density at radius 2 is 2.00 bits per heavy atom. The maximum atomic E-state index is 6.10. The minimum Gasteiger partial charge on any atom is -0.329 e. The van der Waals surface area contributed by atoms with Crippen LogP contribution in [0.5, 0.6) is 0 Å². The molecule has 2 nitrogen and oxygen atoms in total. The molecule has 94 valence electrons. The lowest BCUT2D eigenvalue weighted by molar-refractivity contribution is 0.0262. The van der Waals surface area contributed by atoms with Crippen LogP contribution in [0.15, 0.2) is 0 Å². The lowest BCUT2D eigenvalue weighted by Gasteiger charge is -2.47. The van der Waals surface area contributed by atoms with Crippen LogP contribution in [0.25, 0.3) is 0 Å². The minimum absolute atomic E-state index is 0.233. The number of hydrogen-bond acceptors (Lipinski definition) is 2. The van der Waals surface area contributed by atoms with Crippen LogP contribution < -0.4 is 5.73 Å². The van der Waals surface area contributed by atoms with Crippen LogP contribution in [-0.2, 0) is 0 Å². The third kappa shape index (κ3) is 1.91. The number of rotatable bonds is 6. The molecule has 2 aliphatic carbocycles. The molecule has 0 bridgehead atoms. The lowest BCUT2D eigenvalue weighted by atomic mass is 9.79. The highest BCUT2D eigenvalue weighted by atomic mass is 15.2. The molecule has 2 heteroatoms. The van der Waals surface area contributed by atoms with Crippen LogP contribution in [0, 0.1) is 11.3 Å². The van der Waals surface area contributed by atoms with Gasteiger partial charge in [-0.15, -0.1) is 0 Å². The highest BCUT2D eigenvalue weighted by Crippen LogP contribution is 2.55. The zero-order valence-electron chi connectivity index (χ0n) is 11.3. The number of nitrogens with zero attached hydrogens (tertiary/aromatic N) is 1. The Bertz CT molecular complexity index is 243. The molecule has 0 saturated heterocycles. The summed E-state index contributed by atoms with van der Waals surface area (Å²) in [5, 5.41) is 0. The molecule has 2 rings (SSSR count). The maximum absolute atomic E-state index is 6.10. The molecule has 16 heavy (non-hydrogen) atoms. The van der Waals surface area contributed by atoms with Crippen molar-refractivity contribution in [2.45, 2.75) is 58.4 Å². The van der Waals surface area contributed by atoms with E-state index in [-0.39, 0.29) is 5.54 Å². The normalized spacial score (nSPS) is 27.6. The highest BCUT2D eigenvalue weighted by molar-refractivity contribution is 5.09. The molecule has 1 atom stereocenters. The second-order valence-electron chi connectivity index (χ2n) is 6.37. The first-order valence-electron chi connectivity index (χ1n) is 7.01. The standard InChI is InChI=1S/C14H28N2/c1-4-16(10-12-6-5-7-12)14(3,11-15)13(2)8-9-13/h12H,4-11,15H2,1-3H3. The van der Waals surface area contributed by atoms with E-state index in [0.29, 0.717) is 5.41 Å². The van der Waals surface area contributed by atoms with Crippen molar-refractivity contribution in [2.75, 3.05) is 19.6 Å². The van der Waals surface area contributed by atoms with Gasteiger partial charge in [0.2, 0.25) is 0 Å². The van der Waals surface area contributed by atoms with Gasteiger partial charge < -0.3 is 5.73 Å². The van der Waals surface area contributed by atoms with Crippen molar-refractivity contribution in [1.29, 1.82) is 0 Å². The second-order valence-corrected chi connectivity index (χ2v) is 6.37. The van der Waals surface area contributed by atoms with E-state index < -0.39 is 0 Å². The third-order valence-electron chi connectivity index (χ3n) is 5.48. The molecular formula is C14H28N2. The molecule has 0 aromatic rings. The largest absolute Gasteiger partial charge is 0.329 e. The molecule has 0 radical (unpaired) electrons. The summed E-state index contributed by atoms with van der Waals surface area (Å²) in [6.07, 6.45) is 7.05. The topological polar surface area (TPSA) is 29.3 Å². The predicted molar refractivity (Wildman–Crippen MR) is 69.4 cm³/mol. The van der Waals surface area contributed by atoms with E-state index in [4.69, 9.17) is 5.73 Å². The summed E-state index contributed by atoms with van der Waals surface area (Å²) in [5.41, 5.74) is 6.82. The van der Waals surface area contributed by atoms with Gasteiger partial charge >= 0.3 is 0 Å². The molecule has 0 spiro atoms. The van der Waals surface area contributed by atoms with Crippen LogP contribution in [0.2, 0.25) is 0 Å². The predicted octanol–water partition coefficient (Wildman–Crippen LogP) is 2.63. The second kappa shape index (κ2) is 4.30. The molecule has 2 N–H and O–H groups in total. The van der Waals surface area contributed by atoms with Gasteiger partial charge in [-0.25, -0.2) is 0 Å². The summed E-state index contributed by atoms with van der Waals surface area (Å²) in [6, 6.07) is 0. The molecule has 2 aliphatic rings. The lowest BCUT2D eigenvalue weighted by Crippen LogP contribution is -2.58. The van der Waals surface area contributed by atoms with Crippen LogP contribution in [-0.4, -0.2) is 30.1 Å². The summed E-state index contributed by atoms with van der Waals surface area (Å²) in [6.45, 7) is 10.3. The van der Waals surface area contributed by atoms with E-state index in [0.717, 1.165) is 19.0 Å². The van der Waals surface area contributed by atoms with Crippen LogP contribution in [0.3, 0.4) is 0 Å². The van der Waals surface area contributed by atoms with Crippen LogP contribution in [0.4, 0.5) is 0 Å². The van der Waals surface area contributed by atoms with E-state index in [1.54, 1.807) is 0 Å². The van der Waals surface area contributed by atoms with Gasteiger partial charge in [0, 0.05) is 18.6 Å². The van der Waals surface area contributed by atoms with Gasteiger partial charge in [0.1, 0.15) is 0 Å². The van der Waals surface area contributed by atoms with Crippen LogP contribution >= 0.6 is 0 Å². The Kier molecular flexibility index (Phi) is 3.33. The zero-order chi connectivity index (χ0) is 11.8. The molecule has 0 heterocycles. The van der Waals surface area contributed by atoms with E-state index in [2.05, 4.69) is 25.7 Å². The van der Waals surface area contributed by atoms with Crippen LogP contribution in [0.1, 0.15) is 52.9 Å². The minimum atomic E-state index is 0.233. The summed E-state index contributed by atoms with van der Waals surface area (Å²) in [7, 11) is 0. The molecule has 2 fully saturated rings. The van der Waals surface area contributed by atoms with Gasteiger partial charge in [0.15, 0.2) is 0 Å². The molecule has 0 aromatic carbocycles. The summed E-state index contributed by atoms with van der Waals surface area (Å²) in [5.74, 6) is 0.952. The first-order valence-corrected chi connectivity index (χ1v) is 7.01. The van der Waals surface area contributed by atoms with E-state index in [9.17, 15) is 0 Å². The van der Waals surface area contributed by atoms with Gasteiger partial charge in [-0.2, -0.15) is 0 Å². The molecular weight excluding hydrogens is 196 g/mol. The van der Waals surface area contributed by atoms with Crippen molar-refractivity contribution in [3.05, 3.63) is 0 Å². The van der Waals surface area contributed by atoms with Crippen molar-refractivity contribution >= 4 is 0 Å². The number of likely N-dealkylation sites (N-methyl/N-ethyl adjacent to an activating group) is 1. The fourth-order valence-corrected chi connectivity index (χ4v) is 3.15. The van der Waals surface area contributed by atoms with Gasteiger partial charge in [-0.05, 0) is 50.5 Å². The number of hydrogen-bond donors (Lipinski definition) is 1. The molecule has 0 aliphatic heterocycles. The Morgan fingerprint density at radius 1 is 1.38 bits per heavy atom. The Balaban J connectivity index is 2.04. The molecule has 2 saturated carbocycles. The summed E-state index contributed by atoms with van der Waals surface area (Å²) >= 11 is 0. The van der Waals surface area contributed by atoms with Crippen molar-refractivity contribution in [3.63, 3.8) is 0 Å². The SMILES string of the molecule is CCN(CC1CCC1)C(C)(CN)C1(C)CC1. The molecule has 1 unspecified atom stereocenters. The Morgan fingerprint density at radius 3 is 2.31 bits per heavy atom. The van der Waals surface area contributed by atoms with Crippen molar-refractivity contribution < 1.29 is 0 Å². The van der Waals surface area contributed by atoms with Gasteiger partial charge in [0.25, 0.3) is 0 Å². The monoisotopic (exact) mass is 224 g/mol. The third-order valence-corrected chi connectivity index (χ3v) is 5.48. The highest BCUT2D eigenvalue weighted by Gasteiger charge is 2.54. The molecule has 0 amide bonds. The fraction of sp³-hybridized carbons (Fsp3) is 1.00. The van der Waals surface area contributed by atoms with Crippen molar-refractivity contribution in [1.82, 2.24) is 4.90 Å². The first kappa shape index (κ1) is 12.4. The first-order chi connectivity index (χ1) is 7.55. The Labute approximate surface area is 101 Å². The van der Waals surface area contributed by atoms with Gasteiger partial charge in [0.05, 0.1) is 0 Å². The summed E-state index contributed by atoms with van der Waals surface area (Å²) < 4.78 is 0. The summed E-state index contributed by atoms with van der Waals surface area (Å²) in [4.78, 5) is 2.67. The molecule has 0 aromatic heterocycles. The zero-order valence-corrected chi connectivity index (χ0v) is 11.3. The number of nitrogens with two attached hydrogens (primary N) is 1. The van der Waals surface area contributed by atoms with Crippen molar-refractivity contribution in [3.8, 4) is 0 Å². The van der Waals surface area contributed by atoms with Crippen molar-refractivity contribution in [2.24, 2.45) is 17.1 Å². The van der Waals surface area contributed by atoms with E-state index in [1.165, 1.54) is 38.6 Å². The van der Waals surface area contributed by atoms with E-state index in [1.807, 2.05) is 0 Å². The average molecular weight is 224 g/mol. The smallest absolute Gasteiger partial charge is 0.0357 e. The fourth-order valence-electron chi connectivity index (χ4n) is 3.15. The quantitative estimate of drug-likeness (QED) is 0.751. The van der Waals surface area contributed by atoms with E-state index >= 15 is 0 Å². The average Bonchev–Trinajstić information content (AvgIpc) is 2.96. The maximum Gasteiger partial charge on any atom is 0.0357 e. The Hall–Kier alpha value is -0.0800.